The molecule has 0 spiro atoms. The van der Waals surface area contributed by atoms with Crippen molar-refractivity contribution in [3.05, 3.63) is 24.3 Å². The normalized spacial score (nSPS) is 13.1. The Hall–Kier alpha value is -1.49. The monoisotopic (exact) mass is 265 g/mol. The van der Waals surface area contributed by atoms with Crippen LogP contribution < -0.4 is 0 Å². The van der Waals surface area contributed by atoms with E-state index in [9.17, 15) is 4.79 Å². The summed E-state index contributed by atoms with van der Waals surface area (Å²) >= 11 is 0. The molecule has 0 aliphatic heterocycles. The number of rotatable bonds is 6. The molecule has 0 aliphatic rings. The molecule has 5 heteroatoms. The van der Waals surface area contributed by atoms with Crippen LogP contribution in [0.3, 0.4) is 0 Å². The molecule has 106 valence electrons. The Labute approximate surface area is 115 Å². The zero-order chi connectivity index (χ0) is 14.5. The number of hydrogen-bond donors (Lipinski definition) is 0. The van der Waals surface area contributed by atoms with Gasteiger partial charge in [-0.25, -0.2) is 0 Å². The molecule has 0 bridgehead atoms. The van der Waals surface area contributed by atoms with Gasteiger partial charge in [0.1, 0.15) is 5.60 Å². The van der Waals surface area contributed by atoms with Crippen LogP contribution in [0.1, 0.15) is 33.4 Å². The van der Waals surface area contributed by atoms with E-state index in [1.165, 1.54) is 0 Å². The Kier molecular flexibility index (Phi) is 5.42. The van der Waals surface area contributed by atoms with Gasteiger partial charge >= 0.3 is 0 Å². The van der Waals surface area contributed by atoms with Gasteiger partial charge in [-0.05, 0) is 27.7 Å². The molecule has 1 atom stereocenters. The van der Waals surface area contributed by atoms with Crippen molar-refractivity contribution < 1.29 is 9.53 Å². The number of carbonyl (C=O) groups excluding carboxylic acids is 1. The van der Waals surface area contributed by atoms with Crippen molar-refractivity contribution in [3.63, 3.8) is 0 Å². The maximum absolute atomic E-state index is 12.4. The van der Waals surface area contributed by atoms with E-state index in [0.717, 1.165) is 5.69 Å². The smallest absolute Gasteiger partial charge is 0.254 e. The summed E-state index contributed by atoms with van der Waals surface area (Å²) in [6.07, 6.45) is 5.70. The van der Waals surface area contributed by atoms with Crippen molar-refractivity contribution in [2.75, 3.05) is 13.7 Å². The number of carbonyl (C=O) groups is 1. The molecule has 0 aromatic carbocycles. The second kappa shape index (κ2) is 6.61. The van der Waals surface area contributed by atoms with Crippen LogP contribution in [0.4, 0.5) is 0 Å². The highest BCUT2D eigenvalue weighted by atomic mass is 16.5. The maximum Gasteiger partial charge on any atom is 0.254 e. The lowest BCUT2D eigenvalue weighted by Gasteiger charge is -2.32. The number of hydrogen-bond acceptors (Lipinski definition) is 4. The number of aromatic nitrogens is 2. The standard InChI is InChI=1S/C14H23N3O2/c1-6-19-14(3,4)13(18)17(5)11(2)9-12-10-15-7-8-16-12/h7-8,10-11H,6,9H2,1-5H3. The van der Waals surface area contributed by atoms with Gasteiger partial charge in [0.25, 0.3) is 5.91 Å². The first-order valence-electron chi connectivity index (χ1n) is 6.54. The molecule has 0 saturated carbocycles. The zero-order valence-electron chi connectivity index (χ0n) is 12.4. The summed E-state index contributed by atoms with van der Waals surface area (Å²) in [6.45, 7) is 7.99. The molecule has 1 unspecified atom stereocenters. The molecule has 0 saturated heterocycles. The predicted molar refractivity (Wildman–Crippen MR) is 73.7 cm³/mol. The van der Waals surface area contributed by atoms with Gasteiger partial charge in [-0.1, -0.05) is 0 Å². The first-order chi connectivity index (χ1) is 8.88. The van der Waals surface area contributed by atoms with Gasteiger partial charge in [-0.2, -0.15) is 0 Å². The topological polar surface area (TPSA) is 55.3 Å². The Morgan fingerprint density at radius 2 is 2.16 bits per heavy atom. The van der Waals surface area contributed by atoms with Crippen LogP contribution in [0, 0.1) is 0 Å². The van der Waals surface area contributed by atoms with Crippen molar-refractivity contribution in [1.82, 2.24) is 14.9 Å². The lowest BCUT2D eigenvalue weighted by atomic mass is 10.1. The van der Waals surface area contributed by atoms with E-state index in [0.29, 0.717) is 13.0 Å². The largest absolute Gasteiger partial charge is 0.366 e. The molecular weight excluding hydrogens is 242 g/mol. The maximum atomic E-state index is 12.4. The summed E-state index contributed by atoms with van der Waals surface area (Å²) in [7, 11) is 1.80. The predicted octanol–water partition coefficient (Wildman–Crippen LogP) is 1.68. The lowest BCUT2D eigenvalue weighted by molar-refractivity contribution is -0.154. The van der Waals surface area contributed by atoms with Crippen LogP contribution in [0.25, 0.3) is 0 Å². The molecular formula is C14H23N3O2. The third-order valence-corrected chi connectivity index (χ3v) is 3.12. The minimum Gasteiger partial charge on any atom is -0.366 e. The Balaban J connectivity index is 2.66. The highest BCUT2D eigenvalue weighted by Gasteiger charge is 2.32. The Morgan fingerprint density at radius 1 is 1.47 bits per heavy atom. The number of nitrogens with zero attached hydrogens (tertiary/aromatic N) is 3. The number of amides is 1. The van der Waals surface area contributed by atoms with Crippen LogP contribution in [-0.4, -0.2) is 46.1 Å². The zero-order valence-corrected chi connectivity index (χ0v) is 12.4. The molecule has 19 heavy (non-hydrogen) atoms. The van der Waals surface area contributed by atoms with Gasteiger partial charge in [0.2, 0.25) is 0 Å². The molecule has 0 fully saturated rings. The van der Waals surface area contributed by atoms with Crippen LogP contribution in [-0.2, 0) is 16.0 Å². The molecule has 1 aromatic heterocycles. The van der Waals surface area contributed by atoms with E-state index in [4.69, 9.17) is 4.74 Å². The van der Waals surface area contributed by atoms with E-state index in [1.807, 2.05) is 13.8 Å². The van der Waals surface area contributed by atoms with Crippen LogP contribution in [0.15, 0.2) is 18.6 Å². The van der Waals surface area contributed by atoms with Crippen LogP contribution in [0.2, 0.25) is 0 Å². The van der Waals surface area contributed by atoms with Gasteiger partial charge in [0, 0.05) is 44.7 Å². The van der Waals surface area contributed by atoms with Gasteiger partial charge in [-0.3, -0.25) is 14.8 Å². The van der Waals surface area contributed by atoms with Crippen molar-refractivity contribution in [2.24, 2.45) is 0 Å². The van der Waals surface area contributed by atoms with Crippen molar-refractivity contribution >= 4 is 5.91 Å². The first-order valence-corrected chi connectivity index (χ1v) is 6.54. The summed E-state index contributed by atoms with van der Waals surface area (Å²) < 4.78 is 5.49. The molecule has 0 aliphatic carbocycles. The van der Waals surface area contributed by atoms with Crippen molar-refractivity contribution in [3.8, 4) is 0 Å². The highest BCUT2D eigenvalue weighted by Crippen LogP contribution is 2.15. The number of likely N-dealkylation sites (N-methyl/N-ethyl adjacent to an activating group) is 1. The molecule has 1 heterocycles. The average Bonchev–Trinajstić information content (AvgIpc) is 2.38. The fourth-order valence-corrected chi connectivity index (χ4v) is 1.92. The van der Waals surface area contributed by atoms with Gasteiger partial charge in [0.05, 0.1) is 5.69 Å². The summed E-state index contributed by atoms with van der Waals surface area (Å²) in [5.41, 5.74) is 0.0870. The molecule has 1 aromatic rings. The fraction of sp³-hybridized carbons (Fsp3) is 0.643. The SMILES string of the molecule is CCOC(C)(C)C(=O)N(C)C(C)Cc1cnccn1. The minimum atomic E-state index is -0.792. The highest BCUT2D eigenvalue weighted by molar-refractivity contribution is 5.84. The molecule has 1 amide bonds. The first kappa shape index (κ1) is 15.6. The van der Waals surface area contributed by atoms with E-state index in [2.05, 4.69) is 9.97 Å². The summed E-state index contributed by atoms with van der Waals surface area (Å²) in [5, 5.41) is 0. The summed E-state index contributed by atoms with van der Waals surface area (Å²) in [4.78, 5) is 22.3. The molecule has 0 radical (unpaired) electrons. The molecule has 1 rings (SSSR count). The van der Waals surface area contributed by atoms with Gasteiger partial charge in [0.15, 0.2) is 0 Å². The van der Waals surface area contributed by atoms with E-state index in [-0.39, 0.29) is 11.9 Å². The van der Waals surface area contributed by atoms with Crippen LogP contribution in [0.5, 0.6) is 0 Å². The molecule has 5 nitrogen and oxygen atoms in total. The lowest BCUT2D eigenvalue weighted by Crippen LogP contribution is -2.49. The van der Waals surface area contributed by atoms with Gasteiger partial charge < -0.3 is 9.64 Å². The van der Waals surface area contributed by atoms with Gasteiger partial charge in [-0.15, -0.1) is 0 Å². The summed E-state index contributed by atoms with van der Waals surface area (Å²) in [6, 6.07) is 0.0453. The number of ether oxygens (including phenoxy) is 1. The Morgan fingerprint density at radius 3 is 2.68 bits per heavy atom. The van der Waals surface area contributed by atoms with Crippen molar-refractivity contribution in [1.29, 1.82) is 0 Å². The molecule has 0 N–H and O–H groups in total. The Bertz CT molecular complexity index is 406. The fourth-order valence-electron chi connectivity index (χ4n) is 1.92. The quantitative estimate of drug-likeness (QED) is 0.785. The second-order valence-corrected chi connectivity index (χ2v) is 5.11. The van der Waals surface area contributed by atoms with E-state index >= 15 is 0 Å². The average molecular weight is 265 g/mol. The minimum absolute atomic E-state index is 0.0225. The summed E-state index contributed by atoms with van der Waals surface area (Å²) in [5.74, 6) is -0.0225. The van der Waals surface area contributed by atoms with E-state index < -0.39 is 5.60 Å². The third-order valence-electron chi connectivity index (χ3n) is 3.12. The third kappa shape index (κ3) is 4.28. The van der Waals surface area contributed by atoms with Crippen molar-refractivity contribution in [2.45, 2.75) is 45.8 Å². The van der Waals surface area contributed by atoms with Crippen LogP contribution >= 0.6 is 0 Å². The second-order valence-electron chi connectivity index (χ2n) is 5.11. The van der Waals surface area contributed by atoms with E-state index in [1.54, 1.807) is 44.4 Å².